The molecule has 0 amide bonds. The lowest BCUT2D eigenvalue weighted by Crippen LogP contribution is -2.58. The molecule has 0 spiro atoms. The van der Waals surface area contributed by atoms with Gasteiger partial charge in [0, 0.05) is 12.5 Å². The smallest absolute Gasteiger partial charge is 0.216 e. The molecule has 1 N–H and O–H groups in total. The van der Waals surface area contributed by atoms with Gasteiger partial charge in [-0.2, -0.15) is 0 Å². The zero-order valence-corrected chi connectivity index (χ0v) is 17.5. The molecule has 0 bridgehead atoms. The van der Waals surface area contributed by atoms with Crippen LogP contribution in [0.15, 0.2) is 41.4 Å². The second kappa shape index (κ2) is 7.80. The molecule has 154 valence electrons. The van der Waals surface area contributed by atoms with E-state index in [0.717, 1.165) is 63.1 Å². The lowest BCUT2D eigenvalue weighted by atomic mass is 9.91. The average molecular weight is 394 g/mol. The Bertz CT molecular complexity index is 928. The first-order valence-corrected chi connectivity index (χ1v) is 10.8. The van der Waals surface area contributed by atoms with Crippen LogP contribution < -0.4 is 10.2 Å². The number of aliphatic imine (C=N–C) groups is 1. The second-order valence-electron chi connectivity index (χ2n) is 8.65. The predicted molar refractivity (Wildman–Crippen MR) is 118 cm³/mol. The average Bonchev–Trinajstić information content (AvgIpc) is 3.14. The Morgan fingerprint density at radius 1 is 1.21 bits per heavy atom. The van der Waals surface area contributed by atoms with Gasteiger partial charge in [-0.25, -0.2) is 9.98 Å². The Balaban J connectivity index is 1.47. The molecule has 7 nitrogen and oxygen atoms in total. The van der Waals surface area contributed by atoms with Crippen LogP contribution in [-0.2, 0) is 0 Å². The molecular formula is C22H31N7. The van der Waals surface area contributed by atoms with Crippen molar-refractivity contribution in [3.63, 3.8) is 0 Å². The van der Waals surface area contributed by atoms with Crippen molar-refractivity contribution in [1.82, 2.24) is 24.7 Å². The molecule has 0 radical (unpaired) electrons. The maximum Gasteiger partial charge on any atom is 0.216 e. The Labute approximate surface area is 172 Å². The van der Waals surface area contributed by atoms with E-state index in [1.807, 2.05) is 0 Å². The number of allylic oxidation sites excluding steroid dienone is 2. The standard InChI is InChI=1S/C22H31N7/c1-26(2)13-8-14-27-15-23-21-25-20(17-9-4-3-5-10-17)29-19-12-7-6-11-18(19)24-22(29)28(21)16-27/h3-4,6-7,11-12,17,20H,5,8-10,13-16H2,1-2H3,(H,23,25)/t17-,20+/m0/s1. The van der Waals surface area contributed by atoms with Crippen LogP contribution >= 0.6 is 0 Å². The van der Waals surface area contributed by atoms with Crippen LogP contribution in [0.25, 0.3) is 11.0 Å². The highest BCUT2D eigenvalue weighted by Crippen LogP contribution is 2.37. The van der Waals surface area contributed by atoms with Crippen LogP contribution in [0.5, 0.6) is 0 Å². The molecule has 0 saturated heterocycles. The number of para-hydroxylation sites is 2. The van der Waals surface area contributed by atoms with Crippen molar-refractivity contribution >= 4 is 22.9 Å². The molecule has 7 heteroatoms. The molecule has 0 fully saturated rings. The van der Waals surface area contributed by atoms with Gasteiger partial charge in [0.1, 0.15) is 6.17 Å². The second-order valence-corrected chi connectivity index (χ2v) is 8.65. The van der Waals surface area contributed by atoms with Gasteiger partial charge >= 0.3 is 0 Å². The first-order chi connectivity index (χ1) is 14.2. The molecule has 1 aromatic carbocycles. The maximum absolute atomic E-state index is 5.04. The van der Waals surface area contributed by atoms with Crippen molar-refractivity contribution in [2.75, 3.05) is 45.4 Å². The van der Waals surface area contributed by atoms with E-state index >= 15 is 0 Å². The molecule has 5 rings (SSSR count). The van der Waals surface area contributed by atoms with Crippen molar-refractivity contribution < 1.29 is 0 Å². The van der Waals surface area contributed by atoms with Crippen molar-refractivity contribution in [3.05, 3.63) is 36.4 Å². The summed E-state index contributed by atoms with van der Waals surface area (Å²) in [5, 5.41) is 3.78. The van der Waals surface area contributed by atoms with Crippen LogP contribution in [0.4, 0.5) is 5.95 Å². The summed E-state index contributed by atoms with van der Waals surface area (Å²) in [6, 6.07) is 8.50. The molecule has 3 aliphatic rings. The number of aromatic nitrogens is 2. The number of benzene rings is 1. The maximum atomic E-state index is 5.04. The van der Waals surface area contributed by atoms with Gasteiger partial charge in [-0.15, -0.1) is 0 Å². The summed E-state index contributed by atoms with van der Waals surface area (Å²) in [4.78, 5) is 16.9. The van der Waals surface area contributed by atoms with E-state index in [1.165, 1.54) is 11.9 Å². The number of nitrogens with zero attached hydrogens (tertiary/aromatic N) is 6. The van der Waals surface area contributed by atoms with Gasteiger partial charge in [0.05, 0.1) is 24.4 Å². The lowest BCUT2D eigenvalue weighted by molar-refractivity contribution is 0.238. The van der Waals surface area contributed by atoms with Crippen molar-refractivity contribution in [2.24, 2.45) is 10.9 Å². The van der Waals surface area contributed by atoms with Crippen molar-refractivity contribution in [1.29, 1.82) is 0 Å². The summed E-state index contributed by atoms with van der Waals surface area (Å²) >= 11 is 0. The van der Waals surface area contributed by atoms with Gasteiger partial charge in [-0.05, 0) is 58.5 Å². The van der Waals surface area contributed by atoms with Crippen LogP contribution in [0.2, 0.25) is 0 Å². The minimum atomic E-state index is 0.206. The molecule has 0 unspecified atom stereocenters. The van der Waals surface area contributed by atoms with Crippen molar-refractivity contribution in [3.8, 4) is 0 Å². The number of guanidine groups is 1. The highest BCUT2D eigenvalue weighted by atomic mass is 15.5. The monoisotopic (exact) mass is 393 g/mol. The molecule has 2 atom stereocenters. The molecule has 2 aliphatic heterocycles. The van der Waals surface area contributed by atoms with E-state index in [0.29, 0.717) is 5.92 Å². The number of hydrogen-bond donors (Lipinski definition) is 1. The quantitative estimate of drug-likeness (QED) is 0.792. The predicted octanol–water partition coefficient (Wildman–Crippen LogP) is 2.84. The highest BCUT2D eigenvalue weighted by molar-refractivity contribution is 5.98. The normalized spacial score (nSPS) is 24.4. The van der Waals surface area contributed by atoms with Gasteiger partial charge in [0.25, 0.3) is 0 Å². The summed E-state index contributed by atoms with van der Waals surface area (Å²) in [6.07, 6.45) is 9.45. The molecular weight excluding hydrogens is 362 g/mol. The number of hydrogen-bond acceptors (Lipinski definition) is 6. The third-order valence-corrected chi connectivity index (χ3v) is 6.23. The van der Waals surface area contributed by atoms with Crippen molar-refractivity contribution in [2.45, 2.75) is 31.8 Å². The third kappa shape index (κ3) is 3.53. The van der Waals surface area contributed by atoms with E-state index in [2.05, 4.69) is 75.1 Å². The number of imidazole rings is 1. The topological polar surface area (TPSA) is 51.9 Å². The van der Waals surface area contributed by atoms with Gasteiger partial charge in [0.15, 0.2) is 0 Å². The number of fused-ring (bicyclic) bond motifs is 5. The molecule has 2 aromatic rings. The molecule has 1 aliphatic carbocycles. The number of rotatable bonds is 5. The Hall–Kier alpha value is -2.38. The van der Waals surface area contributed by atoms with Crippen LogP contribution in [-0.4, -0.2) is 65.8 Å². The van der Waals surface area contributed by atoms with E-state index < -0.39 is 0 Å². The summed E-state index contributed by atoms with van der Waals surface area (Å²) < 4.78 is 2.42. The Morgan fingerprint density at radius 2 is 2.10 bits per heavy atom. The van der Waals surface area contributed by atoms with E-state index in [4.69, 9.17) is 9.98 Å². The van der Waals surface area contributed by atoms with Crippen LogP contribution in [0.3, 0.4) is 0 Å². The minimum Gasteiger partial charge on any atom is -0.335 e. The zero-order chi connectivity index (χ0) is 19.8. The molecule has 1 aromatic heterocycles. The summed E-state index contributed by atoms with van der Waals surface area (Å²) in [6.45, 7) is 3.73. The summed E-state index contributed by atoms with van der Waals surface area (Å²) in [7, 11) is 4.26. The molecule has 29 heavy (non-hydrogen) atoms. The number of anilines is 1. The first-order valence-electron chi connectivity index (χ1n) is 10.8. The van der Waals surface area contributed by atoms with E-state index in [1.54, 1.807) is 0 Å². The van der Waals surface area contributed by atoms with Crippen LogP contribution in [0.1, 0.15) is 31.8 Å². The Kier molecular flexibility index (Phi) is 5.01. The first kappa shape index (κ1) is 18.6. The van der Waals surface area contributed by atoms with Gasteiger partial charge in [-0.3, -0.25) is 14.4 Å². The third-order valence-electron chi connectivity index (χ3n) is 6.23. The largest absolute Gasteiger partial charge is 0.335 e. The fourth-order valence-corrected chi connectivity index (χ4v) is 4.72. The van der Waals surface area contributed by atoms with E-state index in [9.17, 15) is 0 Å². The van der Waals surface area contributed by atoms with Crippen LogP contribution in [0, 0.1) is 5.92 Å². The summed E-state index contributed by atoms with van der Waals surface area (Å²) in [5.74, 6) is 2.57. The molecule has 3 heterocycles. The summed E-state index contributed by atoms with van der Waals surface area (Å²) in [5.41, 5.74) is 2.27. The Morgan fingerprint density at radius 3 is 2.93 bits per heavy atom. The number of nitrogens with one attached hydrogen (secondary N) is 1. The minimum absolute atomic E-state index is 0.206. The van der Waals surface area contributed by atoms with Gasteiger partial charge < -0.3 is 10.2 Å². The highest BCUT2D eigenvalue weighted by Gasteiger charge is 2.38. The SMILES string of the molecule is CN(C)CCCN1CN=C2N[C@@H]([C@H]3CC=CCC3)n3c(nc4ccccc43)N2C1. The van der Waals surface area contributed by atoms with Gasteiger partial charge in [0.2, 0.25) is 11.9 Å². The molecule has 0 saturated carbocycles. The fraction of sp³-hybridized carbons (Fsp3) is 0.545. The zero-order valence-electron chi connectivity index (χ0n) is 17.5. The fourth-order valence-electron chi connectivity index (χ4n) is 4.72. The van der Waals surface area contributed by atoms with E-state index in [-0.39, 0.29) is 6.17 Å². The lowest BCUT2D eigenvalue weighted by Gasteiger charge is -2.44. The van der Waals surface area contributed by atoms with Gasteiger partial charge in [-0.1, -0.05) is 24.3 Å².